The minimum absolute atomic E-state index is 0.601. The molecule has 1 heterocycles. The van der Waals surface area contributed by atoms with Crippen LogP contribution < -0.4 is 0 Å². The van der Waals surface area contributed by atoms with Gasteiger partial charge in [0.05, 0.1) is 27.8 Å². The van der Waals surface area contributed by atoms with Crippen molar-refractivity contribution in [3.63, 3.8) is 0 Å². The lowest BCUT2D eigenvalue weighted by Crippen LogP contribution is -2.27. The zero-order chi connectivity index (χ0) is 43.8. The maximum absolute atomic E-state index is 5.31. The molecular formula is C62H43N3. The molecule has 0 saturated heterocycles. The van der Waals surface area contributed by atoms with E-state index in [0.717, 1.165) is 71.8 Å². The third kappa shape index (κ3) is 5.42. The highest BCUT2D eigenvalue weighted by molar-refractivity contribution is 6.22. The first-order valence-electron chi connectivity index (χ1n) is 22.2. The number of amidine groups is 1. The van der Waals surface area contributed by atoms with Crippen LogP contribution in [0.3, 0.4) is 0 Å². The minimum atomic E-state index is -0.613. The molecule has 3 heteroatoms. The van der Waals surface area contributed by atoms with E-state index >= 15 is 0 Å². The van der Waals surface area contributed by atoms with Crippen LogP contribution >= 0.6 is 0 Å². The van der Waals surface area contributed by atoms with E-state index in [1.54, 1.807) is 0 Å². The Labute approximate surface area is 379 Å². The molecule has 0 N–H and O–H groups in total. The van der Waals surface area contributed by atoms with Crippen LogP contribution in [-0.4, -0.2) is 16.1 Å². The van der Waals surface area contributed by atoms with Gasteiger partial charge in [-0.05, 0) is 91.7 Å². The highest BCUT2D eigenvalue weighted by Gasteiger charge is 2.54. The van der Waals surface area contributed by atoms with Crippen molar-refractivity contribution < 1.29 is 0 Å². The Balaban J connectivity index is 1.22. The van der Waals surface area contributed by atoms with Crippen LogP contribution in [0, 0.1) is 0 Å². The summed E-state index contributed by atoms with van der Waals surface area (Å²) >= 11 is 0. The van der Waals surface area contributed by atoms with Crippen molar-refractivity contribution in [2.75, 3.05) is 0 Å². The standard InChI is InChI=1S/C62H43N3/c1-5-43-44(6-2)58-51-32-18-22-36-55(51)65(60(58)59-57(43)50-31-17-21-35-54(50)62(59)52-33-19-15-28-46(52)47-29-16-20-34-53(47)62)56-38-37-49(45-27-13-14-30-48(45)56)61(63-39(3)41-23-9-7-10-24-41)64-40(4)42-25-11-8-12-26-42/h5-38H,1-3H2,4H3. The van der Waals surface area contributed by atoms with Crippen LogP contribution in [0.2, 0.25) is 0 Å². The number of hydrogen-bond acceptors (Lipinski definition) is 1. The monoisotopic (exact) mass is 829 g/mol. The van der Waals surface area contributed by atoms with Gasteiger partial charge < -0.3 is 4.57 Å². The van der Waals surface area contributed by atoms with Gasteiger partial charge >= 0.3 is 0 Å². The third-order valence-corrected chi connectivity index (χ3v) is 13.7. The van der Waals surface area contributed by atoms with Crippen molar-refractivity contribution in [3.05, 3.63) is 264 Å². The fourth-order valence-corrected chi connectivity index (χ4v) is 11.1. The van der Waals surface area contributed by atoms with Crippen LogP contribution in [0.25, 0.3) is 78.4 Å². The van der Waals surface area contributed by atoms with Gasteiger partial charge in [-0.15, -0.1) is 0 Å². The summed E-state index contributed by atoms with van der Waals surface area (Å²) in [6.45, 7) is 15.5. The summed E-state index contributed by atoms with van der Waals surface area (Å²) in [6, 6.07) is 69.5. The number of nitrogens with zero attached hydrogens (tertiary/aromatic N) is 3. The molecule has 0 saturated carbocycles. The molecule has 2 aliphatic rings. The Morgan fingerprint density at radius 3 is 1.68 bits per heavy atom. The van der Waals surface area contributed by atoms with Gasteiger partial charge in [0.15, 0.2) is 5.84 Å². The van der Waals surface area contributed by atoms with Crippen molar-refractivity contribution in [2.24, 2.45) is 9.98 Å². The third-order valence-electron chi connectivity index (χ3n) is 13.7. The smallest absolute Gasteiger partial charge is 0.160 e. The molecule has 0 unspecified atom stereocenters. The van der Waals surface area contributed by atoms with E-state index in [1.807, 2.05) is 61.5 Å². The SMILES string of the molecule is C=Cc1c2c(c3c(c1C=C)c1ccccc1n3-c1ccc(C(N=C(C)c3ccccc3)=NC(=C)c3ccccc3)c3ccccc13)C1(c3ccccc3-c3ccccc31)c1ccccc1-2. The summed E-state index contributed by atoms with van der Waals surface area (Å²) in [6.07, 6.45) is 4.09. The fraction of sp³-hybridized carbons (Fsp3) is 0.0323. The lowest BCUT2D eigenvalue weighted by molar-refractivity contribution is 0.797. The first-order chi connectivity index (χ1) is 32.0. The largest absolute Gasteiger partial charge is 0.308 e. The van der Waals surface area contributed by atoms with E-state index in [0.29, 0.717) is 11.5 Å². The number of benzene rings is 9. The molecule has 306 valence electrons. The molecule has 0 radical (unpaired) electrons. The minimum Gasteiger partial charge on any atom is -0.308 e. The molecule has 3 nitrogen and oxygen atoms in total. The number of para-hydroxylation sites is 1. The number of fused-ring (bicyclic) bond motifs is 15. The summed E-state index contributed by atoms with van der Waals surface area (Å²) in [7, 11) is 0. The Hall–Kier alpha value is -8.40. The highest BCUT2D eigenvalue weighted by Crippen LogP contribution is 2.66. The number of aliphatic imine (C=N–C) groups is 2. The molecule has 9 aromatic carbocycles. The second kappa shape index (κ2) is 14.9. The van der Waals surface area contributed by atoms with Crippen LogP contribution in [0.4, 0.5) is 0 Å². The molecule has 0 atom stereocenters. The zero-order valence-corrected chi connectivity index (χ0v) is 36.1. The highest BCUT2D eigenvalue weighted by atomic mass is 15.0. The normalized spacial score (nSPS) is 13.5. The summed E-state index contributed by atoms with van der Waals surface area (Å²) in [5.41, 5.74) is 19.4. The first-order valence-corrected chi connectivity index (χ1v) is 22.2. The quantitative estimate of drug-likeness (QED) is 0.113. The van der Waals surface area contributed by atoms with Crippen LogP contribution in [0.5, 0.6) is 0 Å². The molecule has 65 heavy (non-hydrogen) atoms. The lowest BCUT2D eigenvalue weighted by atomic mass is 9.69. The van der Waals surface area contributed by atoms with E-state index in [-0.39, 0.29) is 0 Å². The van der Waals surface area contributed by atoms with Crippen molar-refractivity contribution in [1.82, 2.24) is 4.57 Å². The van der Waals surface area contributed by atoms with Crippen LogP contribution in [-0.2, 0) is 5.41 Å². The molecule has 1 aromatic heterocycles. The topological polar surface area (TPSA) is 29.6 Å². The molecule has 10 aromatic rings. The van der Waals surface area contributed by atoms with Gasteiger partial charge in [0.1, 0.15) is 0 Å². The van der Waals surface area contributed by atoms with E-state index < -0.39 is 5.41 Å². The molecule has 2 aliphatic carbocycles. The van der Waals surface area contributed by atoms with E-state index in [9.17, 15) is 0 Å². The van der Waals surface area contributed by atoms with Gasteiger partial charge in [-0.1, -0.05) is 208 Å². The summed E-state index contributed by atoms with van der Waals surface area (Å²) in [5, 5.41) is 4.44. The molecule has 0 bridgehead atoms. The van der Waals surface area contributed by atoms with Gasteiger partial charge in [-0.2, -0.15) is 0 Å². The van der Waals surface area contributed by atoms with E-state index in [1.165, 1.54) is 44.5 Å². The molecule has 0 aliphatic heterocycles. The summed E-state index contributed by atoms with van der Waals surface area (Å²) in [5.74, 6) is 0.601. The average molecular weight is 830 g/mol. The number of rotatable bonds is 7. The molecule has 0 amide bonds. The van der Waals surface area contributed by atoms with Crippen molar-refractivity contribution in [2.45, 2.75) is 12.3 Å². The Morgan fingerprint density at radius 2 is 1.03 bits per heavy atom. The Morgan fingerprint density at radius 1 is 0.508 bits per heavy atom. The van der Waals surface area contributed by atoms with E-state index in [2.05, 4.69) is 176 Å². The van der Waals surface area contributed by atoms with Gasteiger partial charge in [-0.3, -0.25) is 0 Å². The molecule has 12 rings (SSSR count). The van der Waals surface area contributed by atoms with Crippen molar-refractivity contribution in [3.8, 4) is 27.9 Å². The number of hydrogen-bond donors (Lipinski definition) is 0. The maximum Gasteiger partial charge on any atom is 0.160 e. The predicted molar refractivity (Wildman–Crippen MR) is 275 cm³/mol. The second-order valence-corrected chi connectivity index (χ2v) is 16.9. The van der Waals surface area contributed by atoms with Gasteiger partial charge in [-0.25, -0.2) is 9.98 Å². The molecule has 0 fully saturated rings. The average Bonchev–Trinajstić information content (AvgIpc) is 3.98. The second-order valence-electron chi connectivity index (χ2n) is 16.9. The Kier molecular flexibility index (Phi) is 8.76. The lowest BCUT2D eigenvalue weighted by Gasteiger charge is -2.32. The molecular weight excluding hydrogens is 787 g/mol. The van der Waals surface area contributed by atoms with Gasteiger partial charge in [0.2, 0.25) is 0 Å². The van der Waals surface area contributed by atoms with Gasteiger partial charge in [0.25, 0.3) is 0 Å². The van der Waals surface area contributed by atoms with Crippen LogP contribution in [0.1, 0.15) is 57.0 Å². The maximum atomic E-state index is 5.31. The summed E-state index contributed by atoms with van der Waals surface area (Å²) in [4.78, 5) is 10.5. The van der Waals surface area contributed by atoms with Crippen molar-refractivity contribution in [1.29, 1.82) is 0 Å². The van der Waals surface area contributed by atoms with Gasteiger partial charge in [0, 0.05) is 33.0 Å². The zero-order valence-electron chi connectivity index (χ0n) is 36.1. The van der Waals surface area contributed by atoms with E-state index in [4.69, 9.17) is 9.98 Å². The fourth-order valence-electron chi connectivity index (χ4n) is 11.1. The molecule has 1 spiro atoms. The Bertz CT molecular complexity index is 3670. The number of aromatic nitrogens is 1. The summed E-state index contributed by atoms with van der Waals surface area (Å²) < 4.78 is 2.53. The van der Waals surface area contributed by atoms with Crippen LogP contribution in [0.15, 0.2) is 224 Å². The predicted octanol–water partition coefficient (Wildman–Crippen LogP) is 15.5. The van der Waals surface area contributed by atoms with Crippen molar-refractivity contribution >= 4 is 62.0 Å². The first kappa shape index (κ1) is 38.3.